The molecule has 8 aromatic rings. The van der Waals surface area contributed by atoms with E-state index in [1.54, 1.807) is 0 Å². The molecule has 1 heterocycles. The monoisotopic (exact) mass is 626 g/mol. The second-order valence-electron chi connectivity index (χ2n) is 12.8. The van der Waals surface area contributed by atoms with Crippen molar-refractivity contribution in [3.05, 3.63) is 178 Å². The molecule has 232 valence electrons. The van der Waals surface area contributed by atoms with Gasteiger partial charge in [-0.2, -0.15) is 0 Å². The minimum absolute atomic E-state index is 0.886. The zero-order valence-corrected chi connectivity index (χ0v) is 28.1. The van der Waals surface area contributed by atoms with Gasteiger partial charge in [-0.3, -0.25) is 0 Å². The summed E-state index contributed by atoms with van der Waals surface area (Å²) in [6, 6.07) is 46.4. The Hall–Kier alpha value is -6.28. The first kappa shape index (κ1) is 30.1. The average molecular weight is 627 g/mol. The van der Waals surface area contributed by atoms with Crippen molar-refractivity contribution in [1.29, 1.82) is 0 Å². The van der Waals surface area contributed by atoms with E-state index in [-0.39, 0.29) is 0 Å². The second-order valence-corrected chi connectivity index (χ2v) is 12.8. The molecule has 0 aliphatic heterocycles. The summed E-state index contributed by atoms with van der Waals surface area (Å²) in [5.41, 5.74) is 10.9. The van der Waals surface area contributed by atoms with Gasteiger partial charge < -0.3 is 4.42 Å². The van der Waals surface area contributed by atoms with Crippen LogP contribution in [0, 0.1) is 51.4 Å². The van der Waals surface area contributed by atoms with Gasteiger partial charge in [0.15, 0.2) is 0 Å². The Labute approximate surface area is 287 Å². The Bertz CT molecular complexity index is 2460. The van der Waals surface area contributed by atoms with Gasteiger partial charge in [-0.25, -0.2) is 0 Å². The van der Waals surface area contributed by atoms with Crippen molar-refractivity contribution in [3.63, 3.8) is 0 Å². The lowest BCUT2D eigenvalue weighted by Crippen LogP contribution is -1.92. The molecule has 0 aliphatic carbocycles. The lowest BCUT2D eigenvalue weighted by molar-refractivity contribution is 0.600. The largest absolute Gasteiger partial charge is 0.455 e. The molecule has 7 aromatic carbocycles. The highest BCUT2D eigenvalue weighted by Gasteiger charge is 2.23. The van der Waals surface area contributed by atoms with E-state index < -0.39 is 0 Å². The number of hydrogen-bond donors (Lipinski definition) is 0. The minimum Gasteiger partial charge on any atom is -0.455 e. The van der Waals surface area contributed by atoms with Crippen LogP contribution in [0.3, 0.4) is 0 Å². The van der Waals surface area contributed by atoms with Crippen LogP contribution in [0.4, 0.5) is 0 Å². The van der Waals surface area contributed by atoms with E-state index >= 15 is 0 Å². The molecule has 8 rings (SSSR count). The maximum atomic E-state index is 7.10. The highest BCUT2D eigenvalue weighted by molar-refractivity contribution is 6.17. The molecule has 1 aromatic heterocycles. The molecule has 0 aliphatic rings. The molecular weight excluding hydrogens is 593 g/mol. The van der Waals surface area contributed by atoms with Crippen molar-refractivity contribution in [2.45, 2.75) is 27.7 Å². The molecule has 0 radical (unpaired) electrons. The van der Waals surface area contributed by atoms with Gasteiger partial charge in [-0.1, -0.05) is 121 Å². The lowest BCUT2D eigenvalue weighted by Gasteiger charge is -2.13. The standard InChI is InChI=1S/C48H34O/c1-31-15-13-16-32(2)45(31)47-43-29-41-39(27-25-35-19-7-5-8-20-35)37-23-11-12-24-38(37)40(28-26-36-21-9-6-10-22-36)42(41)30-44(43)48(49-47)46-33(3)17-14-18-34(46)4/h5-24,29-30H,1-4H3. The fraction of sp³-hybridized carbons (Fsp3) is 0.0833. The molecule has 0 bridgehead atoms. The predicted octanol–water partition coefficient (Wildman–Crippen LogP) is 12.1. The maximum Gasteiger partial charge on any atom is 0.143 e. The third-order valence-corrected chi connectivity index (χ3v) is 9.48. The van der Waals surface area contributed by atoms with Crippen LogP contribution in [0.1, 0.15) is 44.5 Å². The van der Waals surface area contributed by atoms with Gasteiger partial charge in [0.25, 0.3) is 0 Å². The molecule has 0 N–H and O–H groups in total. The van der Waals surface area contributed by atoms with Crippen molar-refractivity contribution in [1.82, 2.24) is 0 Å². The van der Waals surface area contributed by atoms with E-state index in [0.29, 0.717) is 0 Å². The number of furan rings is 1. The number of hydrogen-bond acceptors (Lipinski definition) is 1. The van der Waals surface area contributed by atoms with Gasteiger partial charge in [0.1, 0.15) is 11.5 Å². The summed E-state index contributed by atoms with van der Waals surface area (Å²) in [6.45, 7) is 8.66. The van der Waals surface area contributed by atoms with Gasteiger partial charge in [0.2, 0.25) is 0 Å². The Morgan fingerprint density at radius 1 is 0.347 bits per heavy atom. The molecule has 0 saturated heterocycles. The maximum absolute atomic E-state index is 7.10. The topological polar surface area (TPSA) is 13.1 Å². The van der Waals surface area contributed by atoms with Crippen molar-refractivity contribution in [2.75, 3.05) is 0 Å². The molecule has 0 spiro atoms. The average Bonchev–Trinajstić information content (AvgIpc) is 3.47. The molecule has 1 heteroatoms. The fourth-order valence-corrected chi connectivity index (χ4v) is 7.11. The molecule has 49 heavy (non-hydrogen) atoms. The van der Waals surface area contributed by atoms with Crippen molar-refractivity contribution >= 4 is 32.3 Å². The van der Waals surface area contributed by atoms with Gasteiger partial charge in [0.05, 0.1) is 0 Å². The number of rotatable bonds is 2. The minimum atomic E-state index is 0.886. The van der Waals surface area contributed by atoms with Gasteiger partial charge in [-0.05, 0) is 108 Å². The first-order valence-electron chi connectivity index (χ1n) is 16.7. The highest BCUT2D eigenvalue weighted by atomic mass is 16.3. The Kier molecular flexibility index (Phi) is 7.61. The van der Waals surface area contributed by atoms with Gasteiger partial charge in [-0.15, -0.1) is 0 Å². The normalized spacial score (nSPS) is 10.9. The third-order valence-electron chi connectivity index (χ3n) is 9.48. The summed E-state index contributed by atoms with van der Waals surface area (Å²) in [5.74, 6) is 16.0. The number of aryl methyl sites for hydroxylation is 4. The van der Waals surface area contributed by atoms with E-state index in [1.165, 1.54) is 22.3 Å². The molecule has 0 amide bonds. The van der Waals surface area contributed by atoms with Crippen LogP contribution in [0.5, 0.6) is 0 Å². The molecule has 0 atom stereocenters. The van der Waals surface area contributed by atoms with Crippen LogP contribution in [-0.2, 0) is 0 Å². The van der Waals surface area contributed by atoms with Crippen LogP contribution < -0.4 is 0 Å². The van der Waals surface area contributed by atoms with E-state index in [9.17, 15) is 0 Å². The van der Waals surface area contributed by atoms with Gasteiger partial charge >= 0.3 is 0 Å². The van der Waals surface area contributed by atoms with Crippen LogP contribution in [-0.4, -0.2) is 0 Å². The predicted molar refractivity (Wildman–Crippen MR) is 206 cm³/mol. The Morgan fingerprint density at radius 3 is 1.10 bits per heavy atom. The van der Waals surface area contributed by atoms with E-state index in [2.05, 4.69) is 148 Å². The zero-order valence-electron chi connectivity index (χ0n) is 28.1. The second kappa shape index (κ2) is 12.4. The van der Waals surface area contributed by atoms with Crippen LogP contribution >= 0.6 is 0 Å². The highest BCUT2D eigenvalue weighted by Crippen LogP contribution is 2.46. The first-order chi connectivity index (χ1) is 24.0. The van der Waals surface area contributed by atoms with E-state index in [4.69, 9.17) is 4.42 Å². The Balaban J connectivity index is 1.56. The molecule has 0 fully saturated rings. The van der Waals surface area contributed by atoms with Crippen LogP contribution in [0.25, 0.3) is 55.0 Å². The zero-order chi connectivity index (χ0) is 33.5. The molecular formula is C48H34O. The van der Waals surface area contributed by atoms with Crippen molar-refractivity contribution in [2.24, 2.45) is 0 Å². The van der Waals surface area contributed by atoms with Crippen molar-refractivity contribution in [3.8, 4) is 46.3 Å². The molecule has 1 nitrogen and oxygen atoms in total. The summed E-state index contributed by atoms with van der Waals surface area (Å²) < 4.78 is 7.10. The Morgan fingerprint density at radius 2 is 0.714 bits per heavy atom. The summed E-state index contributed by atoms with van der Waals surface area (Å²) in [4.78, 5) is 0. The molecule has 0 unspecified atom stereocenters. The smallest absolute Gasteiger partial charge is 0.143 e. The SMILES string of the molecule is Cc1cccc(C)c1-c1oc(-c2c(C)cccc2C)c2cc3c(C#Cc4ccccc4)c4ccccc4c(C#Cc4ccccc4)c3cc12. The lowest BCUT2D eigenvalue weighted by atomic mass is 9.88. The summed E-state index contributed by atoms with van der Waals surface area (Å²) in [7, 11) is 0. The number of benzene rings is 7. The fourth-order valence-electron chi connectivity index (χ4n) is 7.11. The third kappa shape index (κ3) is 5.37. The van der Waals surface area contributed by atoms with Crippen LogP contribution in [0.15, 0.2) is 138 Å². The summed E-state index contributed by atoms with van der Waals surface area (Å²) in [5, 5.41) is 6.44. The van der Waals surface area contributed by atoms with E-state index in [1.807, 2.05) is 36.4 Å². The molecule has 0 saturated carbocycles. The van der Waals surface area contributed by atoms with E-state index in [0.717, 1.165) is 77.2 Å². The first-order valence-corrected chi connectivity index (χ1v) is 16.7. The van der Waals surface area contributed by atoms with Crippen LogP contribution in [0.2, 0.25) is 0 Å². The summed E-state index contributed by atoms with van der Waals surface area (Å²) >= 11 is 0. The van der Waals surface area contributed by atoms with Gasteiger partial charge in [0, 0.05) is 44.2 Å². The summed E-state index contributed by atoms with van der Waals surface area (Å²) in [6.07, 6.45) is 0. The van der Waals surface area contributed by atoms with Crippen molar-refractivity contribution < 1.29 is 4.42 Å². The quantitative estimate of drug-likeness (QED) is 0.137. The number of fused-ring (bicyclic) bond motifs is 3.